The molecule has 1 saturated heterocycles. The third-order valence-corrected chi connectivity index (χ3v) is 6.10. The highest BCUT2D eigenvalue weighted by Crippen LogP contribution is 2.55. The van der Waals surface area contributed by atoms with Gasteiger partial charge in [0.25, 0.3) is 0 Å². The van der Waals surface area contributed by atoms with Crippen molar-refractivity contribution in [3.05, 3.63) is 29.8 Å². The minimum Gasteiger partial charge on any atom is -0.494 e. The van der Waals surface area contributed by atoms with Crippen LogP contribution in [0.2, 0.25) is 0 Å². The van der Waals surface area contributed by atoms with Gasteiger partial charge in [0.05, 0.1) is 13.0 Å². The van der Waals surface area contributed by atoms with Crippen molar-refractivity contribution in [1.82, 2.24) is 4.90 Å². The number of hydrogen-bond donors (Lipinski definition) is 0. The lowest BCUT2D eigenvalue weighted by atomic mass is 9.82. The predicted molar refractivity (Wildman–Crippen MR) is 85.7 cm³/mol. The Bertz CT molecular complexity index is 552. The standard InChI is InChI=1S/C19H25NO2/c1-2-22-18-6-4-3-5-15(18)10-19(21)20-11-16-13-7-8-14(9-13)17(16)12-20/h3-6,13-14,16-17H,2,7-12H2,1H3/t13-,14+,16-,17+. The SMILES string of the molecule is CCOc1ccccc1CC(=O)N1C[C@@H]2[C@@H]3CC[C@@H](C3)[C@@H]2C1. The normalized spacial score (nSPS) is 32.3. The molecule has 1 amide bonds. The van der Waals surface area contributed by atoms with Crippen LogP contribution in [0.15, 0.2) is 24.3 Å². The first-order chi connectivity index (χ1) is 10.8. The van der Waals surface area contributed by atoms with Crippen molar-refractivity contribution in [1.29, 1.82) is 0 Å². The van der Waals surface area contributed by atoms with Gasteiger partial charge in [0.2, 0.25) is 5.91 Å². The van der Waals surface area contributed by atoms with E-state index in [0.717, 1.165) is 48.1 Å². The highest BCUT2D eigenvalue weighted by molar-refractivity contribution is 5.80. The Labute approximate surface area is 132 Å². The zero-order valence-electron chi connectivity index (χ0n) is 13.3. The molecule has 0 N–H and O–H groups in total. The largest absolute Gasteiger partial charge is 0.494 e. The number of benzene rings is 1. The predicted octanol–water partition coefficient (Wildman–Crippen LogP) is 3.13. The summed E-state index contributed by atoms with van der Waals surface area (Å²) in [6.45, 7) is 4.63. The van der Waals surface area contributed by atoms with E-state index >= 15 is 0 Å². The number of amides is 1. The molecule has 2 bridgehead atoms. The van der Waals surface area contributed by atoms with Crippen LogP contribution >= 0.6 is 0 Å². The summed E-state index contributed by atoms with van der Waals surface area (Å²) >= 11 is 0. The number of carbonyl (C=O) groups excluding carboxylic acids is 1. The number of fused-ring (bicyclic) bond motifs is 5. The second kappa shape index (κ2) is 5.60. The van der Waals surface area contributed by atoms with E-state index in [0.29, 0.717) is 13.0 Å². The smallest absolute Gasteiger partial charge is 0.227 e. The van der Waals surface area contributed by atoms with Gasteiger partial charge in [-0.25, -0.2) is 0 Å². The van der Waals surface area contributed by atoms with Crippen LogP contribution in [0.1, 0.15) is 31.7 Å². The van der Waals surface area contributed by atoms with Gasteiger partial charge in [0.15, 0.2) is 0 Å². The Balaban J connectivity index is 1.43. The van der Waals surface area contributed by atoms with Gasteiger partial charge in [-0.15, -0.1) is 0 Å². The molecule has 1 aromatic rings. The highest BCUT2D eigenvalue weighted by atomic mass is 16.5. The summed E-state index contributed by atoms with van der Waals surface area (Å²) in [4.78, 5) is 14.8. The Morgan fingerprint density at radius 3 is 2.55 bits per heavy atom. The second-order valence-electron chi connectivity index (χ2n) is 7.18. The van der Waals surface area contributed by atoms with Gasteiger partial charge in [-0.05, 0) is 55.9 Å². The molecular formula is C19H25NO2. The molecule has 0 spiro atoms. The van der Waals surface area contributed by atoms with Crippen LogP contribution < -0.4 is 4.74 Å². The monoisotopic (exact) mass is 299 g/mol. The van der Waals surface area contributed by atoms with Gasteiger partial charge in [-0.3, -0.25) is 4.79 Å². The van der Waals surface area contributed by atoms with Gasteiger partial charge >= 0.3 is 0 Å². The van der Waals surface area contributed by atoms with Gasteiger partial charge in [-0.2, -0.15) is 0 Å². The lowest BCUT2D eigenvalue weighted by Crippen LogP contribution is -2.31. The summed E-state index contributed by atoms with van der Waals surface area (Å²) in [6.07, 6.45) is 4.72. The maximum absolute atomic E-state index is 12.7. The van der Waals surface area contributed by atoms with E-state index in [1.165, 1.54) is 19.3 Å². The highest BCUT2D eigenvalue weighted by Gasteiger charge is 2.52. The molecule has 1 aromatic carbocycles. The Kier molecular flexibility index (Phi) is 3.59. The van der Waals surface area contributed by atoms with Crippen LogP contribution in [-0.2, 0) is 11.2 Å². The van der Waals surface area contributed by atoms with Crippen molar-refractivity contribution in [2.24, 2.45) is 23.7 Å². The van der Waals surface area contributed by atoms with Gasteiger partial charge in [-0.1, -0.05) is 18.2 Å². The third-order valence-electron chi connectivity index (χ3n) is 6.10. The van der Waals surface area contributed by atoms with Crippen LogP contribution in [0, 0.1) is 23.7 Å². The fourth-order valence-corrected chi connectivity index (χ4v) is 5.11. The molecule has 4 rings (SSSR count). The molecule has 3 fully saturated rings. The van der Waals surface area contributed by atoms with Crippen LogP contribution in [0.5, 0.6) is 5.75 Å². The van der Waals surface area contributed by atoms with Crippen LogP contribution in [0.4, 0.5) is 0 Å². The first-order valence-electron chi connectivity index (χ1n) is 8.74. The number of rotatable bonds is 4. The number of likely N-dealkylation sites (tertiary alicyclic amines) is 1. The minimum absolute atomic E-state index is 0.279. The quantitative estimate of drug-likeness (QED) is 0.855. The van der Waals surface area contributed by atoms with E-state index in [1.807, 2.05) is 31.2 Å². The zero-order chi connectivity index (χ0) is 15.1. The van der Waals surface area contributed by atoms with Crippen molar-refractivity contribution in [2.45, 2.75) is 32.6 Å². The van der Waals surface area contributed by atoms with Crippen molar-refractivity contribution in [3.63, 3.8) is 0 Å². The van der Waals surface area contributed by atoms with Gasteiger partial charge in [0.1, 0.15) is 5.75 Å². The topological polar surface area (TPSA) is 29.5 Å². The first kappa shape index (κ1) is 14.1. The van der Waals surface area contributed by atoms with Crippen molar-refractivity contribution < 1.29 is 9.53 Å². The Hall–Kier alpha value is -1.51. The average molecular weight is 299 g/mol. The Morgan fingerprint density at radius 2 is 1.86 bits per heavy atom. The van der Waals surface area contributed by atoms with E-state index in [9.17, 15) is 4.79 Å². The van der Waals surface area contributed by atoms with Gasteiger partial charge < -0.3 is 9.64 Å². The number of ether oxygens (including phenoxy) is 1. The number of hydrogen-bond acceptors (Lipinski definition) is 2. The second-order valence-corrected chi connectivity index (χ2v) is 7.18. The molecule has 22 heavy (non-hydrogen) atoms. The summed E-state index contributed by atoms with van der Waals surface area (Å²) in [5.41, 5.74) is 1.02. The molecule has 0 unspecified atom stereocenters. The molecule has 0 radical (unpaired) electrons. The summed E-state index contributed by atoms with van der Waals surface area (Å²) in [5, 5.41) is 0. The molecule has 118 valence electrons. The average Bonchev–Trinajstić information content (AvgIpc) is 3.22. The maximum Gasteiger partial charge on any atom is 0.227 e. The summed E-state index contributed by atoms with van der Waals surface area (Å²) in [5.74, 6) is 4.54. The molecule has 1 heterocycles. The fraction of sp³-hybridized carbons (Fsp3) is 0.632. The molecule has 1 aliphatic heterocycles. The van der Waals surface area contributed by atoms with Crippen molar-refractivity contribution in [3.8, 4) is 5.75 Å². The minimum atomic E-state index is 0.279. The third kappa shape index (κ3) is 2.31. The summed E-state index contributed by atoms with van der Waals surface area (Å²) in [6, 6.07) is 7.94. The maximum atomic E-state index is 12.7. The first-order valence-corrected chi connectivity index (χ1v) is 8.74. The number of carbonyl (C=O) groups is 1. The molecule has 3 nitrogen and oxygen atoms in total. The summed E-state index contributed by atoms with van der Waals surface area (Å²) < 4.78 is 5.65. The molecule has 3 aliphatic rings. The van der Waals surface area contributed by atoms with E-state index in [-0.39, 0.29) is 5.91 Å². The van der Waals surface area contributed by atoms with Crippen molar-refractivity contribution >= 4 is 5.91 Å². The Morgan fingerprint density at radius 1 is 1.18 bits per heavy atom. The van der Waals surface area contributed by atoms with E-state index in [2.05, 4.69) is 4.90 Å². The zero-order valence-corrected chi connectivity index (χ0v) is 13.3. The number of para-hydroxylation sites is 1. The van der Waals surface area contributed by atoms with Crippen LogP contribution in [0.25, 0.3) is 0 Å². The molecule has 4 atom stereocenters. The molecule has 2 aliphatic carbocycles. The van der Waals surface area contributed by atoms with E-state index in [4.69, 9.17) is 4.74 Å². The van der Waals surface area contributed by atoms with Crippen LogP contribution in [-0.4, -0.2) is 30.5 Å². The number of nitrogens with zero attached hydrogens (tertiary/aromatic N) is 1. The molecule has 2 saturated carbocycles. The molecule has 0 aromatic heterocycles. The molecule has 3 heteroatoms. The van der Waals surface area contributed by atoms with Gasteiger partial charge in [0, 0.05) is 18.7 Å². The molecular weight excluding hydrogens is 274 g/mol. The fourth-order valence-electron chi connectivity index (χ4n) is 5.11. The van der Waals surface area contributed by atoms with E-state index in [1.54, 1.807) is 0 Å². The van der Waals surface area contributed by atoms with E-state index < -0.39 is 0 Å². The lowest BCUT2D eigenvalue weighted by Gasteiger charge is -2.22. The summed E-state index contributed by atoms with van der Waals surface area (Å²) in [7, 11) is 0. The van der Waals surface area contributed by atoms with Crippen molar-refractivity contribution in [2.75, 3.05) is 19.7 Å². The lowest BCUT2D eigenvalue weighted by molar-refractivity contribution is -0.129. The van der Waals surface area contributed by atoms with Crippen LogP contribution in [0.3, 0.4) is 0 Å².